The van der Waals surface area contributed by atoms with Gasteiger partial charge in [0.15, 0.2) is 0 Å². The molecule has 0 saturated heterocycles. The summed E-state index contributed by atoms with van der Waals surface area (Å²) >= 11 is 0. The van der Waals surface area contributed by atoms with Gasteiger partial charge in [-0.2, -0.15) is 0 Å². The zero-order valence-corrected chi connectivity index (χ0v) is 8.59. The van der Waals surface area contributed by atoms with Crippen LogP contribution in [0.25, 0.3) is 0 Å². The first kappa shape index (κ1) is 9.46. The van der Waals surface area contributed by atoms with Crippen molar-refractivity contribution in [3.63, 3.8) is 0 Å². The van der Waals surface area contributed by atoms with Crippen LogP contribution in [0.4, 0.5) is 5.82 Å². The molecular formula is C11H17N3. The average molecular weight is 191 g/mol. The lowest BCUT2D eigenvalue weighted by atomic mass is 10.2. The number of nitrogens with two attached hydrogens (primary N) is 1. The first-order valence-electron chi connectivity index (χ1n) is 5.24. The van der Waals surface area contributed by atoms with Crippen molar-refractivity contribution in [1.29, 1.82) is 0 Å². The highest BCUT2D eigenvalue weighted by Gasteiger charge is 2.11. The molecule has 14 heavy (non-hydrogen) atoms. The molecule has 0 radical (unpaired) electrons. The number of nitrogens with zero attached hydrogens (tertiary/aromatic N) is 1. The normalized spacial score (nSPS) is 16.4. The lowest BCUT2D eigenvalue weighted by Crippen LogP contribution is -2.25. The monoisotopic (exact) mass is 191 g/mol. The number of fused-ring (bicyclic) bond motifs is 1. The van der Waals surface area contributed by atoms with E-state index in [4.69, 9.17) is 5.73 Å². The van der Waals surface area contributed by atoms with Crippen LogP contribution in [0.5, 0.6) is 0 Å². The molecule has 0 bridgehead atoms. The van der Waals surface area contributed by atoms with Crippen molar-refractivity contribution in [3.05, 3.63) is 23.4 Å². The maximum Gasteiger partial charge on any atom is 0.126 e. The number of anilines is 1. The van der Waals surface area contributed by atoms with Gasteiger partial charge in [0.1, 0.15) is 5.82 Å². The molecule has 0 aliphatic heterocycles. The molecule has 3 nitrogen and oxygen atoms in total. The highest BCUT2D eigenvalue weighted by atomic mass is 15.0. The van der Waals surface area contributed by atoms with Crippen LogP contribution in [0.3, 0.4) is 0 Å². The second kappa shape index (κ2) is 3.96. The predicted molar refractivity (Wildman–Crippen MR) is 58.4 cm³/mol. The standard InChI is InChI=1S/C11H17N3/c1-8(6-12)14-11-5-9-3-2-4-10(9)7-13-11/h5,7-8H,2-4,6,12H2,1H3,(H,13,14). The lowest BCUT2D eigenvalue weighted by Gasteiger charge is -2.12. The molecule has 2 rings (SSSR count). The molecule has 1 heterocycles. The zero-order valence-electron chi connectivity index (χ0n) is 8.59. The molecule has 0 saturated carbocycles. The molecule has 1 atom stereocenters. The lowest BCUT2D eigenvalue weighted by molar-refractivity contribution is 0.797. The first-order chi connectivity index (χ1) is 6.79. The summed E-state index contributed by atoms with van der Waals surface area (Å²) in [5.41, 5.74) is 8.41. The van der Waals surface area contributed by atoms with Crippen molar-refractivity contribution < 1.29 is 0 Å². The summed E-state index contributed by atoms with van der Waals surface area (Å²) in [6.45, 7) is 2.70. The summed E-state index contributed by atoms with van der Waals surface area (Å²) < 4.78 is 0. The molecule has 1 aliphatic carbocycles. The van der Waals surface area contributed by atoms with Gasteiger partial charge in [-0.1, -0.05) is 0 Å². The Labute approximate surface area is 84.7 Å². The second-order valence-corrected chi connectivity index (χ2v) is 3.97. The Kier molecular flexibility index (Phi) is 2.68. The fourth-order valence-electron chi connectivity index (χ4n) is 1.84. The summed E-state index contributed by atoms with van der Waals surface area (Å²) in [5.74, 6) is 0.962. The van der Waals surface area contributed by atoms with E-state index in [9.17, 15) is 0 Å². The zero-order chi connectivity index (χ0) is 9.97. The third-order valence-electron chi connectivity index (χ3n) is 2.72. The largest absolute Gasteiger partial charge is 0.366 e. The minimum absolute atomic E-state index is 0.293. The van der Waals surface area contributed by atoms with E-state index >= 15 is 0 Å². The van der Waals surface area contributed by atoms with Gasteiger partial charge < -0.3 is 11.1 Å². The third kappa shape index (κ3) is 1.87. The van der Waals surface area contributed by atoms with Crippen LogP contribution in [0.1, 0.15) is 24.5 Å². The van der Waals surface area contributed by atoms with Crippen molar-refractivity contribution in [1.82, 2.24) is 4.98 Å². The number of aryl methyl sites for hydroxylation is 2. The van der Waals surface area contributed by atoms with Crippen LogP contribution in [-0.2, 0) is 12.8 Å². The fraction of sp³-hybridized carbons (Fsp3) is 0.545. The van der Waals surface area contributed by atoms with Crippen LogP contribution < -0.4 is 11.1 Å². The third-order valence-corrected chi connectivity index (χ3v) is 2.72. The van der Waals surface area contributed by atoms with Gasteiger partial charge in [0.2, 0.25) is 0 Å². The van der Waals surface area contributed by atoms with Crippen molar-refractivity contribution in [2.24, 2.45) is 5.73 Å². The molecule has 0 fully saturated rings. The predicted octanol–water partition coefficient (Wildman–Crippen LogP) is 1.33. The quantitative estimate of drug-likeness (QED) is 0.757. The maximum atomic E-state index is 5.54. The number of rotatable bonds is 3. The highest BCUT2D eigenvalue weighted by molar-refractivity contribution is 5.43. The van der Waals surface area contributed by atoms with E-state index in [1.807, 2.05) is 6.20 Å². The number of hydrogen-bond donors (Lipinski definition) is 2. The van der Waals surface area contributed by atoms with Gasteiger partial charge in [0.25, 0.3) is 0 Å². The van der Waals surface area contributed by atoms with Gasteiger partial charge in [0, 0.05) is 18.8 Å². The van der Waals surface area contributed by atoms with E-state index in [2.05, 4.69) is 23.3 Å². The van der Waals surface area contributed by atoms with Crippen LogP contribution in [0.15, 0.2) is 12.3 Å². The van der Waals surface area contributed by atoms with Crippen LogP contribution in [-0.4, -0.2) is 17.6 Å². The molecule has 1 aliphatic rings. The highest BCUT2D eigenvalue weighted by Crippen LogP contribution is 2.23. The number of nitrogens with one attached hydrogen (secondary N) is 1. The van der Waals surface area contributed by atoms with Crippen LogP contribution >= 0.6 is 0 Å². The number of aromatic nitrogens is 1. The molecule has 0 spiro atoms. The summed E-state index contributed by atoms with van der Waals surface area (Å²) in [6.07, 6.45) is 5.65. The van der Waals surface area contributed by atoms with Crippen LogP contribution in [0.2, 0.25) is 0 Å². The Morgan fingerprint density at radius 2 is 2.29 bits per heavy atom. The topological polar surface area (TPSA) is 50.9 Å². The smallest absolute Gasteiger partial charge is 0.126 e. The van der Waals surface area contributed by atoms with E-state index in [0.29, 0.717) is 12.6 Å². The number of pyridine rings is 1. The molecule has 0 amide bonds. The van der Waals surface area contributed by atoms with Crippen LogP contribution in [0, 0.1) is 0 Å². The Balaban J connectivity index is 2.12. The molecule has 3 N–H and O–H groups in total. The minimum atomic E-state index is 0.293. The first-order valence-corrected chi connectivity index (χ1v) is 5.24. The minimum Gasteiger partial charge on any atom is -0.366 e. The number of hydrogen-bond acceptors (Lipinski definition) is 3. The maximum absolute atomic E-state index is 5.54. The molecule has 1 aromatic heterocycles. The SMILES string of the molecule is CC(CN)Nc1cc2c(cn1)CCC2. The van der Waals surface area contributed by atoms with Gasteiger partial charge in [-0.15, -0.1) is 0 Å². The molecule has 76 valence electrons. The van der Waals surface area contributed by atoms with E-state index in [-0.39, 0.29) is 0 Å². The summed E-state index contributed by atoms with van der Waals surface area (Å²) in [7, 11) is 0. The Bertz CT molecular complexity index is 322. The van der Waals surface area contributed by atoms with Crippen molar-refractivity contribution in [3.8, 4) is 0 Å². The van der Waals surface area contributed by atoms with E-state index in [0.717, 1.165) is 5.82 Å². The Hall–Kier alpha value is -1.09. The van der Waals surface area contributed by atoms with E-state index < -0.39 is 0 Å². The van der Waals surface area contributed by atoms with Crippen molar-refractivity contribution in [2.45, 2.75) is 32.2 Å². The summed E-state index contributed by atoms with van der Waals surface area (Å²) in [4.78, 5) is 4.37. The Morgan fingerprint density at radius 1 is 1.50 bits per heavy atom. The summed E-state index contributed by atoms with van der Waals surface area (Å²) in [5, 5.41) is 3.29. The van der Waals surface area contributed by atoms with Crippen molar-refractivity contribution >= 4 is 5.82 Å². The van der Waals surface area contributed by atoms with Gasteiger partial charge in [-0.25, -0.2) is 4.98 Å². The van der Waals surface area contributed by atoms with E-state index in [1.165, 1.54) is 30.4 Å². The fourth-order valence-corrected chi connectivity index (χ4v) is 1.84. The second-order valence-electron chi connectivity index (χ2n) is 3.97. The average Bonchev–Trinajstić information content (AvgIpc) is 2.64. The van der Waals surface area contributed by atoms with Gasteiger partial charge in [0.05, 0.1) is 0 Å². The van der Waals surface area contributed by atoms with E-state index in [1.54, 1.807) is 0 Å². The van der Waals surface area contributed by atoms with Gasteiger partial charge in [-0.05, 0) is 43.4 Å². The summed E-state index contributed by atoms with van der Waals surface area (Å²) in [6, 6.07) is 2.45. The molecule has 0 aromatic carbocycles. The molecule has 3 heteroatoms. The Morgan fingerprint density at radius 3 is 3.07 bits per heavy atom. The van der Waals surface area contributed by atoms with Crippen molar-refractivity contribution in [2.75, 3.05) is 11.9 Å². The molecule has 1 aromatic rings. The van der Waals surface area contributed by atoms with Gasteiger partial charge >= 0.3 is 0 Å². The van der Waals surface area contributed by atoms with Gasteiger partial charge in [-0.3, -0.25) is 0 Å². The molecular weight excluding hydrogens is 174 g/mol. The molecule has 1 unspecified atom stereocenters.